The van der Waals surface area contributed by atoms with Gasteiger partial charge >= 0.3 is 5.69 Å². The number of halogens is 2. The van der Waals surface area contributed by atoms with Gasteiger partial charge in [0.1, 0.15) is 41.9 Å². The van der Waals surface area contributed by atoms with Crippen LogP contribution in [0.1, 0.15) is 20.8 Å². The molecule has 3 unspecified atom stereocenters. The number of aromatic nitrogens is 3. The molecule has 1 saturated heterocycles. The standard InChI is InChI=1S/C33H36F2N6O5/c1-6-25(43)39-12-13-40(18(4)15-39)31-20-14-22(35)28-26-21(34)8-7-9-24(26)46-16-23(42)30(45-5)19-10-11-36-27(17(2)3)29(19)41(32(20)37-28)33(44)38-31/h6-11,14,17-18,23,27,30,36,42H,1,12-13,15-16H2,2-5H3/t18-,23?,27?,30?/m0/s1. The molecule has 2 aromatic heterocycles. The molecule has 1 aromatic carbocycles. The Morgan fingerprint density at radius 2 is 2.02 bits per heavy atom. The van der Waals surface area contributed by atoms with Crippen LogP contribution in [0.5, 0.6) is 5.75 Å². The van der Waals surface area contributed by atoms with Gasteiger partial charge in [-0.15, -0.1) is 0 Å². The third-order valence-electron chi connectivity index (χ3n) is 8.76. The Morgan fingerprint density at radius 3 is 2.72 bits per heavy atom. The number of amides is 1. The molecule has 2 N–H and O–H groups in total. The molecule has 4 atom stereocenters. The smallest absolute Gasteiger partial charge is 0.355 e. The lowest BCUT2D eigenvalue weighted by Crippen LogP contribution is -2.54. The van der Waals surface area contributed by atoms with Crippen molar-refractivity contribution in [2.45, 2.75) is 45.1 Å². The molecule has 13 heteroatoms. The van der Waals surface area contributed by atoms with E-state index in [1.54, 1.807) is 17.2 Å². The van der Waals surface area contributed by atoms with E-state index < -0.39 is 35.6 Å². The van der Waals surface area contributed by atoms with Gasteiger partial charge < -0.3 is 29.7 Å². The average molecular weight is 635 g/mol. The quantitative estimate of drug-likeness (QED) is 0.417. The number of hydrogen-bond donors (Lipinski definition) is 2. The molecule has 3 aliphatic heterocycles. The number of pyridine rings is 1. The van der Waals surface area contributed by atoms with Gasteiger partial charge in [0, 0.05) is 38.4 Å². The Balaban J connectivity index is 1.71. The largest absolute Gasteiger partial charge is 0.490 e. The molecule has 3 aliphatic rings. The van der Waals surface area contributed by atoms with Gasteiger partial charge in [-0.25, -0.2) is 23.1 Å². The number of nitrogens with zero attached hydrogens (tertiary/aromatic N) is 5. The zero-order valence-electron chi connectivity index (χ0n) is 26.0. The number of fused-ring (bicyclic) bond motifs is 4. The van der Waals surface area contributed by atoms with Gasteiger partial charge in [0.2, 0.25) is 5.91 Å². The summed E-state index contributed by atoms with van der Waals surface area (Å²) in [5.41, 5.74) is -0.384. The third-order valence-corrected chi connectivity index (χ3v) is 8.76. The first-order chi connectivity index (χ1) is 22.0. The molecule has 242 valence electrons. The van der Waals surface area contributed by atoms with Crippen molar-refractivity contribution in [2.75, 3.05) is 38.3 Å². The molecule has 1 amide bonds. The topological polar surface area (TPSA) is 122 Å². The third kappa shape index (κ3) is 5.22. The Bertz CT molecular complexity index is 1840. The predicted octanol–water partition coefficient (Wildman–Crippen LogP) is 3.08. The van der Waals surface area contributed by atoms with Crippen LogP contribution in [0.4, 0.5) is 14.6 Å². The zero-order chi connectivity index (χ0) is 32.9. The minimum atomic E-state index is -1.26. The van der Waals surface area contributed by atoms with Crippen LogP contribution in [0.15, 0.2) is 59.6 Å². The van der Waals surface area contributed by atoms with Crippen LogP contribution in [0.2, 0.25) is 0 Å². The maximum absolute atomic E-state index is 16.2. The molecule has 1 fully saturated rings. The van der Waals surface area contributed by atoms with Crippen LogP contribution < -0.4 is 20.6 Å². The van der Waals surface area contributed by atoms with Gasteiger partial charge in [0.25, 0.3) is 0 Å². The zero-order valence-corrected chi connectivity index (χ0v) is 26.0. The number of carbonyl (C=O) groups excluding carboxylic acids is 1. The van der Waals surface area contributed by atoms with E-state index in [1.807, 2.05) is 25.7 Å². The number of anilines is 1. The molecule has 6 rings (SSSR count). The van der Waals surface area contributed by atoms with Crippen molar-refractivity contribution in [3.05, 3.63) is 76.9 Å². The van der Waals surface area contributed by atoms with Crippen molar-refractivity contribution in [3.8, 4) is 17.0 Å². The molecule has 11 nitrogen and oxygen atoms in total. The molecule has 0 radical (unpaired) electrons. The summed E-state index contributed by atoms with van der Waals surface area (Å²) in [4.78, 5) is 39.3. The van der Waals surface area contributed by atoms with E-state index in [0.717, 1.165) is 6.07 Å². The number of ether oxygens (including phenoxy) is 2. The van der Waals surface area contributed by atoms with E-state index in [-0.39, 0.29) is 58.3 Å². The Labute approximate surface area is 264 Å². The highest BCUT2D eigenvalue weighted by molar-refractivity contribution is 5.92. The van der Waals surface area contributed by atoms with Crippen LogP contribution in [-0.4, -0.2) is 88.1 Å². The van der Waals surface area contributed by atoms with Crippen LogP contribution in [0.3, 0.4) is 0 Å². The second kappa shape index (κ2) is 12.3. The monoisotopic (exact) mass is 634 g/mol. The maximum atomic E-state index is 16.2. The van der Waals surface area contributed by atoms with Crippen molar-refractivity contribution >= 4 is 28.5 Å². The minimum Gasteiger partial charge on any atom is -0.490 e. The highest BCUT2D eigenvalue weighted by atomic mass is 19.1. The maximum Gasteiger partial charge on any atom is 0.355 e. The molecule has 2 bridgehead atoms. The van der Waals surface area contributed by atoms with Crippen molar-refractivity contribution in [3.63, 3.8) is 0 Å². The number of nitrogens with one attached hydrogen (secondary N) is 1. The molecular formula is C33H36F2N6O5. The number of aliphatic hydroxyl groups is 1. The Kier molecular flexibility index (Phi) is 8.38. The Hall–Kier alpha value is -4.62. The van der Waals surface area contributed by atoms with Gasteiger partial charge in [-0.05, 0) is 49.4 Å². The highest BCUT2D eigenvalue weighted by Gasteiger charge is 2.36. The summed E-state index contributed by atoms with van der Waals surface area (Å²) in [7, 11) is 1.43. The summed E-state index contributed by atoms with van der Waals surface area (Å²) < 4.78 is 44.7. The van der Waals surface area contributed by atoms with E-state index in [0.29, 0.717) is 30.9 Å². The van der Waals surface area contributed by atoms with Crippen molar-refractivity contribution in [2.24, 2.45) is 5.92 Å². The van der Waals surface area contributed by atoms with Crippen LogP contribution in [0.25, 0.3) is 28.0 Å². The van der Waals surface area contributed by atoms with Gasteiger partial charge in [-0.2, -0.15) is 4.98 Å². The van der Waals surface area contributed by atoms with Crippen molar-refractivity contribution in [1.29, 1.82) is 0 Å². The number of piperazine rings is 1. The number of aliphatic hydroxyl groups excluding tert-OH is 1. The Morgan fingerprint density at radius 1 is 1.24 bits per heavy atom. The second-order valence-electron chi connectivity index (χ2n) is 12.0. The molecule has 5 heterocycles. The van der Waals surface area contributed by atoms with E-state index in [9.17, 15) is 14.7 Å². The molecule has 3 aromatic rings. The van der Waals surface area contributed by atoms with Gasteiger partial charge in [-0.3, -0.25) is 4.79 Å². The summed E-state index contributed by atoms with van der Waals surface area (Å²) in [6, 6.07) is 4.48. The highest BCUT2D eigenvalue weighted by Crippen LogP contribution is 2.39. The fourth-order valence-electron chi connectivity index (χ4n) is 6.53. The lowest BCUT2D eigenvalue weighted by molar-refractivity contribution is -0.126. The molecule has 0 aliphatic carbocycles. The van der Waals surface area contributed by atoms with Crippen molar-refractivity contribution < 1.29 is 28.2 Å². The molecular weight excluding hydrogens is 598 g/mol. The summed E-state index contributed by atoms with van der Waals surface area (Å²) in [5, 5.41) is 14.9. The summed E-state index contributed by atoms with van der Waals surface area (Å²) in [5.74, 6) is -1.78. The summed E-state index contributed by atoms with van der Waals surface area (Å²) >= 11 is 0. The van der Waals surface area contributed by atoms with E-state index in [4.69, 9.17) is 9.47 Å². The van der Waals surface area contributed by atoms with Gasteiger partial charge in [0.15, 0.2) is 11.5 Å². The second-order valence-corrected chi connectivity index (χ2v) is 12.0. The fourth-order valence-corrected chi connectivity index (χ4v) is 6.53. The number of methoxy groups -OCH3 is 1. The first kappa shape index (κ1) is 31.4. The first-order valence-electron chi connectivity index (χ1n) is 15.2. The number of benzene rings is 1. The molecule has 0 saturated carbocycles. The molecule has 0 spiro atoms. The van der Waals surface area contributed by atoms with E-state index in [1.165, 1.54) is 36.0 Å². The van der Waals surface area contributed by atoms with E-state index in [2.05, 4.69) is 21.9 Å². The number of rotatable bonds is 4. The minimum absolute atomic E-state index is 0.0323. The number of carbonyl (C=O) groups is 1. The fraction of sp³-hybridized carbons (Fsp3) is 0.394. The van der Waals surface area contributed by atoms with Gasteiger partial charge in [-0.1, -0.05) is 26.5 Å². The van der Waals surface area contributed by atoms with E-state index >= 15 is 8.78 Å². The predicted molar refractivity (Wildman–Crippen MR) is 169 cm³/mol. The van der Waals surface area contributed by atoms with Crippen molar-refractivity contribution in [1.82, 2.24) is 24.8 Å². The summed E-state index contributed by atoms with van der Waals surface area (Å²) in [6.45, 7) is 10.0. The number of dihydropyridines is 1. The molecule has 46 heavy (non-hydrogen) atoms. The lowest BCUT2D eigenvalue weighted by Gasteiger charge is -2.40. The van der Waals surface area contributed by atoms with Crippen LogP contribution in [0, 0.1) is 17.6 Å². The van der Waals surface area contributed by atoms with Crippen LogP contribution in [-0.2, 0) is 9.53 Å². The van der Waals surface area contributed by atoms with Crippen LogP contribution >= 0.6 is 0 Å². The average Bonchev–Trinajstić information content (AvgIpc) is 3.03. The lowest BCUT2D eigenvalue weighted by atomic mass is 9.90. The number of hydrogen-bond acceptors (Lipinski definition) is 9. The summed E-state index contributed by atoms with van der Waals surface area (Å²) in [6.07, 6.45) is 2.45. The van der Waals surface area contributed by atoms with Gasteiger partial charge in [0.05, 0.1) is 22.7 Å². The SMILES string of the molecule is C=CC(=O)N1CCN(c2nc(=O)n3c4nc(c(F)cc24)-c2c(F)cccc2OCC(O)C(OC)C2=C3C(C(C)C)NC=C2)[C@@H](C)C1. The first-order valence-corrected chi connectivity index (χ1v) is 15.2. The normalized spacial score (nSPS) is 23.0.